The van der Waals surface area contributed by atoms with E-state index in [1.54, 1.807) is 18.5 Å². The summed E-state index contributed by atoms with van der Waals surface area (Å²) in [5.41, 5.74) is 6.08. The summed E-state index contributed by atoms with van der Waals surface area (Å²) in [4.78, 5) is 11.6. The van der Waals surface area contributed by atoms with Crippen molar-refractivity contribution in [2.75, 3.05) is 0 Å². The summed E-state index contributed by atoms with van der Waals surface area (Å²) >= 11 is 1.21. The SMILES string of the molecule is CC(C)n1cnnc1SC(C(N)=O)c1ccc(F)cc1. The number of hydrogen-bond donors (Lipinski definition) is 1. The largest absolute Gasteiger partial charge is 0.368 e. The zero-order valence-corrected chi connectivity index (χ0v) is 12.0. The number of thioether (sulfide) groups is 1. The molecule has 1 amide bonds. The second-order valence-electron chi connectivity index (χ2n) is 4.57. The summed E-state index contributed by atoms with van der Waals surface area (Å²) in [6.45, 7) is 3.98. The van der Waals surface area contributed by atoms with E-state index in [-0.39, 0.29) is 11.9 Å². The van der Waals surface area contributed by atoms with Crippen LogP contribution in [0.1, 0.15) is 30.7 Å². The molecule has 20 heavy (non-hydrogen) atoms. The first-order valence-corrected chi connectivity index (χ1v) is 6.98. The lowest BCUT2D eigenvalue weighted by Crippen LogP contribution is -2.19. The van der Waals surface area contributed by atoms with Gasteiger partial charge in [0, 0.05) is 6.04 Å². The fourth-order valence-corrected chi connectivity index (χ4v) is 2.80. The molecule has 106 valence electrons. The lowest BCUT2D eigenvalue weighted by molar-refractivity contribution is -0.117. The number of carbonyl (C=O) groups excluding carboxylic acids is 1. The number of carbonyl (C=O) groups is 1. The number of benzene rings is 1. The minimum absolute atomic E-state index is 0.175. The topological polar surface area (TPSA) is 73.8 Å². The van der Waals surface area contributed by atoms with Crippen LogP contribution >= 0.6 is 11.8 Å². The van der Waals surface area contributed by atoms with Gasteiger partial charge in [-0.25, -0.2) is 4.39 Å². The maximum absolute atomic E-state index is 12.9. The van der Waals surface area contributed by atoms with Crippen LogP contribution in [0, 0.1) is 5.82 Å². The zero-order chi connectivity index (χ0) is 14.7. The zero-order valence-electron chi connectivity index (χ0n) is 11.2. The fourth-order valence-electron chi connectivity index (χ4n) is 1.70. The van der Waals surface area contributed by atoms with Gasteiger partial charge in [-0.05, 0) is 31.5 Å². The van der Waals surface area contributed by atoms with Gasteiger partial charge in [0.15, 0.2) is 5.16 Å². The van der Waals surface area contributed by atoms with E-state index in [0.717, 1.165) is 0 Å². The van der Waals surface area contributed by atoms with Gasteiger partial charge in [-0.15, -0.1) is 10.2 Å². The van der Waals surface area contributed by atoms with Gasteiger partial charge in [0.05, 0.1) is 0 Å². The highest BCUT2D eigenvalue weighted by Crippen LogP contribution is 2.34. The van der Waals surface area contributed by atoms with Crippen molar-refractivity contribution in [1.82, 2.24) is 14.8 Å². The molecule has 0 aliphatic rings. The average molecular weight is 294 g/mol. The van der Waals surface area contributed by atoms with E-state index < -0.39 is 11.2 Å². The highest BCUT2D eigenvalue weighted by atomic mass is 32.2. The van der Waals surface area contributed by atoms with Crippen molar-refractivity contribution in [1.29, 1.82) is 0 Å². The van der Waals surface area contributed by atoms with Crippen LogP contribution in [0.15, 0.2) is 35.7 Å². The smallest absolute Gasteiger partial charge is 0.235 e. The number of aromatic nitrogens is 3. The molecule has 1 unspecified atom stereocenters. The first-order valence-electron chi connectivity index (χ1n) is 6.10. The van der Waals surface area contributed by atoms with E-state index in [4.69, 9.17) is 5.73 Å². The Morgan fingerprint density at radius 1 is 1.35 bits per heavy atom. The normalized spacial score (nSPS) is 12.6. The van der Waals surface area contributed by atoms with Gasteiger partial charge in [0.1, 0.15) is 17.4 Å². The van der Waals surface area contributed by atoms with Crippen LogP contribution < -0.4 is 5.73 Å². The molecule has 0 spiro atoms. The number of nitrogens with zero attached hydrogens (tertiary/aromatic N) is 3. The van der Waals surface area contributed by atoms with Gasteiger partial charge in [0.25, 0.3) is 0 Å². The molecule has 0 radical (unpaired) electrons. The number of nitrogens with two attached hydrogens (primary N) is 1. The Balaban J connectivity index is 2.28. The predicted molar refractivity (Wildman–Crippen MR) is 74.6 cm³/mol. The van der Waals surface area contributed by atoms with Gasteiger partial charge < -0.3 is 10.3 Å². The van der Waals surface area contributed by atoms with Crippen molar-refractivity contribution < 1.29 is 9.18 Å². The molecular weight excluding hydrogens is 279 g/mol. The van der Waals surface area contributed by atoms with Crippen LogP contribution in [0.25, 0.3) is 0 Å². The van der Waals surface area contributed by atoms with Crippen molar-refractivity contribution in [2.45, 2.75) is 30.3 Å². The molecule has 1 aromatic heterocycles. The molecule has 0 fully saturated rings. The third-order valence-electron chi connectivity index (χ3n) is 2.75. The molecule has 7 heteroatoms. The fraction of sp³-hybridized carbons (Fsp3) is 0.308. The van der Waals surface area contributed by atoms with Crippen molar-refractivity contribution in [3.05, 3.63) is 42.0 Å². The Hall–Kier alpha value is -1.89. The minimum atomic E-state index is -0.628. The molecule has 2 N–H and O–H groups in total. The summed E-state index contributed by atoms with van der Waals surface area (Å²) in [7, 11) is 0. The molecule has 1 heterocycles. The summed E-state index contributed by atoms with van der Waals surface area (Å²) < 4.78 is 14.8. The van der Waals surface area contributed by atoms with Crippen LogP contribution in [-0.2, 0) is 4.79 Å². The maximum Gasteiger partial charge on any atom is 0.235 e. The Kier molecular flexibility index (Phi) is 4.39. The Morgan fingerprint density at radius 2 is 2.00 bits per heavy atom. The monoisotopic (exact) mass is 294 g/mol. The third kappa shape index (κ3) is 3.16. The third-order valence-corrected chi connectivity index (χ3v) is 3.99. The molecule has 0 aliphatic carbocycles. The molecule has 0 saturated carbocycles. The van der Waals surface area contributed by atoms with Crippen LogP contribution in [0.3, 0.4) is 0 Å². The lowest BCUT2D eigenvalue weighted by Gasteiger charge is -2.15. The molecule has 2 aromatic rings. The van der Waals surface area contributed by atoms with E-state index in [9.17, 15) is 9.18 Å². The predicted octanol–water partition coefficient (Wildman–Crippen LogP) is 2.32. The molecule has 1 aromatic carbocycles. The van der Waals surface area contributed by atoms with Crippen molar-refractivity contribution in [2.24, 2.45) is 5.73 Å². The van der Waals surface area contributed by atoms with E-state index >= 15 is 0 Å². The first kappa shape index (κ1) is 14.5. The van der Waals surface area contributed by atoms with Crippen LogP contribution in [0.5, 0.6) is 0 Å². The standard InChI is InChI=1S/C13H15FN4OS/c1-8(2)18-7-16-17-13(18)20-11(12(15)19)9-3-5-10(14)6-4-9/h3-8,11H,1-2H3,(H2,15,19). The first-order chi connectivity index (χ1) is 9.49. The van der Waals surface area contributed by atoms with Crippen LogP contribution in [-0.4, -0.2) is 20.7 Å². The van der Waals surface area contributed by atoms with Crippen molar-refractivity contribution in [3.8, 4) is 0 Å². The molecule has 2 rings (SSSR count). The number of hydrogen-bond acceptors (Lipinski definition) is 4. The molecule has 5 nitrogen and oxygen atoms in total. The second-order valence-corrected chi connectivity index (χ2v) is 5.64. The molecule has 0 bridgehead atoms. The molecule has 0 aliphatic heterocycles. The molecule has 0 saturated heterocycles. The van der Waals surface area contributed by atoms with Gasteiger partial charge in [0.2, 0.25) is 5.91 Å². The van der Waals surface area contributed by atoms with Crippen LogP contribution in [0.4, 0.5) is 4.39 Å². The quantitative estimate of drug-likeness (QED) is 0.859. The van der Waals surface area contributed by atoms with Gasteiger partial charge in [-0.3, -0.25) is 4.79 Å². The summed E-state index contributed by atoms with van der Waals surface area (Å²) in [6, 6.07) is 5.88. The number of amides is 1. The Labute approximate surface area is 120 Å². The van der Waals surface area contributed by atoms with E-state index in [0.29, 0.717) is 10.7 Å². The van der Waals surface area contributed by atoms with Crippen LogP contribution in [0.2, 0.25) is 0 Å². The van der Waals surface area contributed by atoms with Crippen molar-refractivity contribution >= 4 is 17.7 Å². The number of halogens is 1. The van der Waals surface area contributed by atoms with Crippen molar-refractivity contribution in [3.63, 3.8) is 0 Å². The van der Waals surface area contributed by atoms with Gasteiger partial charge in [-0.1, -0.05) is 23.9 Å². The molecular formula is C13H15FN4OS. The Morgan fingerprint density at radius 3 is 2.55 bits per heavy atom. The Bertz CT molecular complexity index is 597. The average Bonchev–Trinajstić information content (AvgIpc) is 2.85. The summed E-state index contributed by atoms with van der Waals surface area (Å²) in [5, 5.41) is 7.82. The number of rotatable bonds is 5. The van der Waals surface area contributed by atoms with E-state index in [1.807, 2.05) is 18.4 Å². The highest BCUT2D eigenvalue weighted by molar-refractivity contribution is 8.00. The lowest BCUT2D eigenvalue weighted by atomic mass is 10.1. The highest BCUT2D eigenvalue weighted by Gasteiger charge is 2.22. The maximum atomic E-state index is 12.9. The minimum Gasteiger partial charge on any atom is -0.368 e. The van der Waals surface area contributed by atoms with E-state index in [2.05, 4.69) is 10.2 Å². The van der Waals surface area contributed by atoms with Gasteiger partial charge in [-0.2, -0.15) is 0 Å². The summed E-state index contributed by atoms with van der Waals surface area (Å²) in [6.07, 6.45) is 1.61. The molecule has 1 atom stereocenters. The van der Waals surface area contributed by atoms with E-state index in [1.165, 1.54) is 23.9 Å². The summed E-state index contributed by atoms with van der Waals surface area (Å²) in [5.74, 6) is -0.854. The number of primary amides is 1. The second kappa shape index (κ2) is 6.04. The van der Waals surface area contributed by atoms with Gasteiger partial charge >= 0.3 is 0 Å².